The minimum atomic E-state index is -4.28. The fourth-order valence-electron chi connectivity index (χ4n) is 0.839. The van der Waals surface area contributed by atoms with Crippen molar-refractivity contribution in [3.05, 3.63) is 12.2 Å². The fraction of sp³-hybridized carbons (Fsp3) is 0.625. The van der Waals surface area contributed by atoms with E-state index in [2.05, 4.69) is 16.1 Å². The molecule has 0 amide bonds. The molecule has 0 radical (unpaired) electrons. The van der Waals surface area contributed by atoms with Crippen LogP contribution < -0.4 is 0 Å². The SMILES string of the molecule is C=C(C)C(=O)OCC1(F)C(F)OC1(F)F. The largest absolute Gasteiger partial charge is 0.458 e. The normalized spacial score (nSPS) is 33.0. The number of ether oxygens (including phenoxy) is 2. The summed E-state index contributed by atoms with van der Waals surface area (Å²) < 4.78 is 57.8. The van der Waals surface area contributed by atoms with Crippen LogP contribution in [-0.2, 0) is 14.3 Å². The van der Waals surface area contributed by atoms with E-state index in [1.165, 1.54) is 6.92 Å². The maximum absolute atomic E-state index is 13.1. The highest BCUT2D eigenvalue weighted by atomic mass is 19.3. The maximum Gasteiger partial charge on any atom is 0.401 e. The number of alkyl halides is 4. The Labute approximate surface area is 82.6 Å². The van der Waals surface area contributed by atoms with Gasteiger partial charge in [-0.3, -0.25) is 4.74 Å². The van der Waals surface area contributed by atoms with Crippen LogP contribution in [0, 0.1) is 0 Å². The smallest absolute Gasteiger partial charge is 0.401 e. The van der Waals surface area contributed by atoms with Crippen LogP contribution in [0.5, 0.6) is 0 Å². The molecule has 0 aliphatic carbocycles. The number of carbonyl (C=O) groups excluding carboxylic acids is 1. The van der Waals surface area contributed by atoms with Crippen molar-refractivity contribution >= 4 is 5.97 Å². The van der Waals surface area contributed by atoms with Gasteiger partial charge in [-0.15, -0.1) is 0 Å². The molecule has 3 nitrogen and oxygen atoms in total. The lowest BCUT2D eigenvalue weighted by atomic mass is 10.0. The topological polar surface area (TPSA) is 35.5 Å². The van der Waals surface area contributed by atoms with Crippen molar-refractivity contribution in [1.29, 1.82) is 0 Å². The van der Waals surface area contributed by atoms with E-state index >= 15 is 0 Å². The van der Waals surface area contributed by atoms with Crippen molar-refractivity contribution in [3.8, 4) is 0 Å². The highest BCUT2D eigenvalue weighted by Gasteiger charge is 2.74. The summed E-state index contributed by atoms with van der Waals surface area (Å²) >= 11 is 0. The van der Waals surface area contributed by atoms with Crippen LogP contribution >= 0.6 is 0 Å². The molecule has 7 heteroatoms. The van der Waals surface area contributed by atoms with Gasteiger partial charge in [0.05, 0.1) is 0 Å². The van der Waals surface area contributed by atoms with Gasteiger partial charge in [-0.2, -0.15) is 8.78 Å². The van der Waals surface area contributed by atoms with E-state index in [9.17, 15) is 22.4 Å². The van der Waals surface area contributed by atoms with Crippen LogP contribution in [0.1, 0.15) is 6.92 Å². The van der Waals surface area contributed by atoms with Gasteiger partial charge in [0, 0.05) is 5.57 Å². The van der Waals surface area contributed by atoms with Gasteiger partial charge >= 0.3 is 12.1 Å². The third-order valence-electron chi connectivity index (χ3n) is 1.86. The van der Waals surface area contributed by atoms with Crippen molar-refractivity contribution in [3.63, 3.8) is 0 Å². The van der Waals surface area contributed by atoms with Gasteiger partial charge in [0.2, 0.25) is 0 Å². The highest BCUT2D eigenvalue weighted by molar-refractivity contribution is 5.86. The van der Waals surface area contributed by atoms with E-state index in [-0.39, 0.29) is 5.57 Å². The summed E-state index contributed by atoms with van der Waals surface area (Å²) in [6.07, 6.45) is -7.08. The molecular weight excluding hydrogens is 220 g/mol. The maximum atomic E-state index is 13.1. The average Bonchev–Trinajstić information content (AvgIpc) is 2.12. The van der Waals surface area contributed by atoms with Crippen molar-refractivity contribution in [2.45, 2.75) is 25.1 Å². The molecule has 0 aromatic heterocycles. The molecule has 0 aromatic rings. The third kappa shape index (κ3) is 1.83. The summed E-state index contributed by atoms with van der Waals surface area (Å²) in [5.41, 5.74) is -3.71. The molecule has 0 bridgehead atoms. The second kappa shape index (κ2) is 3.48. The second-order valence-corrected chi connectivity index (χ2v) is 3.17. The Kier molecular flexibility index (Phi) is 2.77. The highest BCUT2D eigenvalue weighted by Crippen LogP contribution is 2.49. The van der Waals surface area contributed by atoms with Crippen LogP contribution in [0.4, 0.5) is 17.6 Å². The van der Waals surface area contributed by atoms with Crippen LogP contribution in [0.3, 0.4) is 0 Å². The predicted molar refractivity (Wildman–Crippen MR) is 40.5 cm³/mol. The summed E-state index contributed by atoms with van der Waals surface area (Å²) in [7, 11) is 0. The van der Waals surface area contributed by atoms with Gasteiger partial charge in [-0.05, 0) is 6.92 Å². The second-order valence-electron chi connectivity index (χ2n) is 3.17. The number of esters is 1. The molecule has 2 unspecified atom stereocenters. The summed E-state index contributed by atoms with van der Waals surface area (Å²) in [5, 5.41) is 0. The molecule has 1 aliphatic heterocycles. The summed E-state index contributed by atoms with van der Waals surface area (Å²) in [5.74, 6) is -1.07. The zero-order valence-corrected chi connectivity index (χ0v) is 7.73. The first-order valence-electron chi connectivity index (χ1n) is 3.92. The first-order valence-corrected chi connectivity index (χ1v) is 3.92. The molecule has 1 saturated heterocycles. The van der Waals surface area contributed by atoms with E-state index in [0.717, 1.165) is 0 Å². The first-order chi connectivity index (χ1) is 6.71. The molecule has 0 aromatic carbocycles. The number of hydrogen-bond donors (Lipinski definition) is 0. The van der Waals surface area contributed by atoms with Crippen LogP contribution in [-0.4, -0.2) is 30.7 Å². The van der Waals surface area contributed by atoms with Gasteiger partial charge in [0.25, 0.3) is 12.0 Å². The van der Waals surface area contributed by atoms with E-state index in [1.54, 1.807) is 0 Å². The first kappa shape index (κ1) is 12.0. The van der Waals surface area contributed by atoms with Crippen molar-refractivity contribution in [2.75, 3.05) is 6.61 Å². The zero-order valence-electron chi connectivity index (χ0n) is 7.73. The van der Waals surface area contributed by atoms with E-state index in [4.69, 9.17) is 0 Å². The average molecular weight is 228 g/mol. The van der Waals surface area contributed by atoms with E-state index in [0.29, 0.717) is 0 Å². The Bertz CT molecular complexity index is 304. The lowest BCUT2D eigenvalue weighted by molar-refractivity contribution is -0.470. The number of halogens is 4. The standard InChI is InChI=1S/C8H8F4O3/c1-4(2)5(13)14-3-7(10)6(9)15-8(7,11)12/h6H,1,3H2,2H3. The van der Waals surface area contributed by atoms with Gasteiger partial charge in [0.1, 0.15) is 6.61 Å². The fourth-order valence-corrected chi connectivity index (χ4v) is 0.839. The van der Waals surface area contributed by atoms with E-state index in [1.807, 2.05) is 0 Å². The van der Waals surface area contributed by atoms with Gasteiger partial charge in [-0.1, -0.05) is 6.58 Å². The Balaban J connectivity index is 2.58. The lowest BCUT2D eigenvalue weighted by Gasteiger charge is -2.43. The molecule has 2 atom stereocenters. The van der Waals surface area contributed by atoms with Gasteiger partial charge in [0.15, 0.2) is 0 Å². The van der Waals surface area contributed by atoms with Crippen LogP contribution in [0.15, 0.2) is 12.2 Å². The van der Waals surface area contributed by atoms with Crippen molar-refractivity contribution in [1.82, 2.24) is 0 Å². The third-order valence-corrected chi connectivity index (χ3v) is 1.86. The summed E-state index contributed by atoms with van der Waals surface area (Å²) in [6.45, 7) is 2.98. The van der Waals surface area contributed by atoms with Crippen molar-refractivity contribution in [2.24, 2.45) is 0 Å². The van der Waals surface area contributed by atoms with Crippen LogP contribution in [0.2, 0.25) is 0 Å². The predicted octanol–water partition coefficient (Wildman–Crippen LogP) is 1.73. The molecule has 0 saturated carbocycles. The Morgan fingerprint density at radius 3 is 2.40 bits per heavy atom. The molecule has 0 spiro atoms. The minimum Gasteiger partial charge on any atom is -0.458 e. The van der Waals surface area contributed by atoms with Gasteiger partial charge < -0.3 is 4.74 Å². The number of carbonyl (C=O) groups is 1. The molecule has 0 N–H and O–H groups in total. The molecule has 1 rings (SSSR count). The Hall–Kier alpha value is -1.11. The quantitative estimate of drug-likeness (QED) is 0.419. The molecular formula is C8H8F4O3. The monoisotopic (exact) mass is 228 g/mol. The summed E-state index contributed by atoms with van der Waals surface area (Å²) in [6, 6.07) is 0. The number of rotatable bonds is 3. The Morgan fingerprint density at radius 2 is 2.07 bits per heavy atom. The zero-order chi connectivity index (χ0) is 11.9. The van der Waals surface area contributed by atoms with Crippen molar-refractivity contribution < 1.29 is 31.8 Å². The lowest BCUT2D eigenvalue weighted by Crippen LogP contribution is -2.68. The molecule has 1 aliphatic rings. The molecule has 15 heavy (non-hydrogen) atoms. The van der Waals surface area contributed by atoms with E-state index < -0.39 is 30.7 Å². The molecule has 86 valence electrons. The van der Waals surface area contributed by atoms with Gasteiger partial charge in [-0.25, -0.2) is 13.6 Å². The molecule has 1 fully saturated rings. The van der Waals surface area contributed by atoms with Crippen LogP contribution in [0.25, 0.3) is 0 Å². The minimum absolute atomic E-state index is 0.0995. The number of hydrogen-bond acceptors (Lipinski definition) is 3. The molecule has 1 heterocycles. The summed E-state index contributed by atoms with van der Waals surface area (Å²) in [4.78, 5) is 10.8. The Morgan fingerprint density at radius 1 is 1.53 bits per heavy atom.